The number of fused-ring (bicyclic) bond motifs is 1. The number of aryl methyl sites for hydroxylation is 1. The topological polar surface area (TPSA) is 142 Å². The molecule has 1 unspecified atom stereocenters. The van der Waals surface area contributed by atoms with Crippen LogP contribution in [0.25, 0.3) is 0 Å². The van der Waals surface area contributed by atoms with Gasteiger partial charge in [0.15, 0.2) is 0 Å². The number of carboxylic acid groups (broad SMARTS) is 1. The lowest BCUT2D eigenvalue weighted by atomic mass is 9.83. The predicted octanol–water partition coefficient (Wildman–Crippen LogP) is 2.96. The Bertz CT molecular complexity index is 918. The Morgan fingerprint density at radius 1 is 1.05 bits per heavy atom. The van der Waals surface area contributed by atoms with E-state index in [2.05, 4.69) is 41.8 Å². The molecule has 1 saturated carbocycles. The Morgan fingerprint density at radius 3 is 2.32 bits per heavy atom. The van der Waals surface area contributed by atoms with E-state index in [4.69, 9.17) is 15.6 Å². The number of nitrogens with zero attached hydrogens (tertiary/aromatic N) is 1. The van der Waals surface area contributed by atoms with Gasteiger partial charge in [-0.25, -0.2) is 0 Å². The molecule has 5 N–H and O–H groups in total. The number of hydrogen-bond acceptors (Lipinski definition) is 5. The van der Waals surface area contributed by atoms with Crippen LogP contribution >= 0.6 is 0 Å². The minimum atomic E-state index is -0.562. The van der Waals surface area contributed by atoms with Crippen molar-refractivity contribution in [1.29, 1.82) is 0 Å². The number of rotatable bonds is 6. The maximum absolute atomic E-state index is 13.1. The molecule has 0 radical (unpaired) electrons. The van der Waals surface area contributed by atoms with E-state index < -0.39 is 18.0 Å². The van der Waals surface area contributed by atoms with Gasteiger partial charge in [-0.3, -0.25) is 19.2 Å². The molecule has 4 atom stereocenters. The fraction of sp³-hybridized carbons (Fsp3) is 0.655. The van der Waals surface area contributed by atoms with E-state index in [9.17, 15) is 14.4 Å². The first-order valence-electron chi connectivity index (χ1n) is 14.0. The number of carbonyl (C=O) groups excluding carboxylic acids is 3. The summed E-state index contributed by atoms with van der Waals surface area (Å²) in [4.78, 5) is 47.0. The first-order chi connectivity index (χ1) is 18.2. The van der Waals surface area contributed by atoms with E-state index >= 15 is 0 Å². The third kappa shape index (κ3) is 8.82. The molecule has 0 spiro atoms. The van der Waals surface area contributed by atoms with Gasteiger partial charge >= 0.3 is 0 Å². The fourth-order valence-corrected chi connectivity index (χ4v) is 5.76. The van der Waals surface area contributed by atoms with Gasteiger partial charge in [-0.15, -0.1) is 0 Å². The summed E-state index contributed by atoms with van der Waals surface area (Å²) >= 11 is 0. The second-order valence-electron chi connectivity index (χ2n) is 10.6. The van der Waals surface area contributed by atoms with Gasteiger partial charge in [0.25, 0.3) is 6.47 Å². The number of amides is 3. The summed E-state index contributed by atoms with van der Waals surface area (Å²) in [5.74, 6) is 0.127. The van der Waals surface area contributed by atoms with Crippen molar-refractivity contribution in [2.24, 2.45) is 11.7 Å². The minimum Gasteiger partial charge on any atom is -0.483 e. The summed E-state index contributed by atoms with van der Waals surface area (Å²) in [5.41, 5.74) is 8.60. The lowest BCUT2D eigenvalue weighted by Gasteiger charge is -2.34. The van der Waals surface area contributed by atoms with Gasteiger partial charge in [0.05, 0.1) is 6.04 Å². The average Bonchev–Trinajstić information content (AvgIpc) is 3.43. The van der Waals surface area contributed by atoms with Crippen LogP contribution in [0.3, 0.4) is 0 Å². The summed E-state index contributed by atoms with van der Waals surface area (Å²) in [7, 11) is 1.71. The number of hydrogen-bond donors (Lipinski definition) is 4. The number of primary amides is 1. The van der Waals surface area contributed by atoms with Crippen LogP contribution in [0.1, 0.15) is 88.7 Å². The highest BCUT2D eigenvalue weighted by Crippen LogP contribution is 2.31. The molecular weight excluding hydrogens is 484 g/mol. The second-order valence-corrected chi connectivity index (χ2v) is 10.6. The van der Waals surface area contributed by atoms with Gasteiger partial charge in [-0.2, -0.15) is 0 Å². The molecule has 38 heavy (non-hydrogen) atoms. The van der Waals surface area contributed by atoms with Crippen molar-refractivity contribution >= 4 is 24.2 Å². The van der Waals surface area contributed by atoms with Crippen LogP contribution in [0.4, 0.5) is 0 Å². The van der Waals surface area contributed by atoms with Crippen molar-refractivity contribution in [1.82, 2.24) is 15.5 Å². The van der Waals surface area contributed by atoms with Crippen molar-refractivity contribution in [3.8, 4) is 0 Å². The lowest BCUT2D eigenvalue weighted by molar-refractivity contribution is -0.142. The van der Waals surface area contributed by atoms with E-state index in [0.717, 1.165) is 38.0 Å². The summed E-state index contributed by atoms with van der Waals surface area (Å²) in [6.07, 6.45) is 10.6. The molecule has 3 aliphatic rings. The van der Waals surface area contributed by atoms with Crippen molar-refractivity contribution < 1.29 is 24.3 Å². The Hall–Kier alpha value is -2.94. The Balaban J connectivity index is 0.000000297. The highest BCUT2D eigenvalue weighted by Gasteiger charge is 2.40. The van der Waals surface area contributed by atoms with Gasteiger partial charge in [0.2, 0.25) is 17.7 Å². The number of nitrogens with one attached hydrogen (secondary N) is 2. The Labute approximate surface area is 226 Å². The molecular formula is C29H46N4O5. The van der Waals surface area contributed by atoms with E-state index in [1.54, 1.807) is 30.0 Å². The van der Waals surface area contributed by atoms with Crippen molar-refractivity contribution in [2.45, 2.75) is 102 Å². The van der Waals surface area contributed by atoms with Crippen LogP contribution in [-0.2, 0) is 25.6 Å². The maximum atomic E-state index is 13.1. The first kappa shape index (κ1) is 31.3. The molecule has 1 aromatic carbocycles. The van der Waals surface area contributed by atoms with E-state index in [0.29, 0.717) is 13.0 Å². The van der Waals surface area contributed by atoms with Crippen LogP contribution in [0.2, 0.25) is 0 Å². The molecule has 212 valence electrons. The quantitative estimate of drug-likeness (QED) is 0.417. The highest BCUT2D eigenvalue weighted by molar-refractivity contribution is 5.93. The van der Waals surface area contributed by atoms with Crippen LogP contribution < -0.4 is 16.4 Å². The number of nitrogens with two attached hydrogens (primary N) is 1. The fourth-order valence-electron chi connectivity index (χ4n) is 5.76. The Kier molecular flexibility index (Phi) is 13.3. The zero-order valence-corrected chi connectivity index (χ0v) is 23.2. The summed E-state index contributed by atoms with van der Waals surface area (Å²) in [6.45, 7) is 4.38. The smallest absolute Gasteiger partial charge is 0.290 e. The minimum absolute atomic E-state index is 0.133. The zero-order chi connectivity index (χ0) is 28.1. The monoisotopic (exact) mass is 530 g/mol. The van der Waals surface area contributed by atoms with Gasteiger partial charge in [-0.1, -0.05) is 50.5 Å². The van der Waals surface area contributed by atoms with Gasteiger partial charge in [0.1, 0.15) is 12.1 Å². The van der Waals surface area contributed by atoms with Gasteiger partial charge in [-0.05, 0) is 81.9 Å². The predicted molar refractivity (Wildman–Crippen MR) is 147 cm³/mol. The molecule has 0 bridgehead atoms. The van der Waals surface area contributed by atoms with Crippen molar-refractivity contribution in [3.63, 3.8) is 0 Å². The lowest BCUT2D eigenvalue weighted by Crippen LogP contribution is -2.57. The number of benzene rings is 1. The number of likely N-dealkylation sites (N-methyl/N-ethyl adjacent to an activating group) is 1. The van der Waals surface area contributed by atoms with Crippen molar-refractivity contribution in [2.75, 3.05) is 13.6 Å². The van der Waals surface area contributed by atoms with Crippen LogP contribution in [0.15, 0.2) is 24.3 Å². The summed E-state index contributed by atoms with van der Waals surface area (Å²) < 4.78 is 0. The SMILES string of the molecule is CC1CCCc2ccccc21.CN[C@@H](C)C(=O)N[C@@H](C(=O)N1CCC[C@H]1C(N)=O)C1CCCCC1.O=CO. The molecule has 1 aromatic rings. The molecule has 9 heteroatoms. The van der Waals surface area contributed by atoms with Crippen LogP contribution in [0.5, 0.6) is 0 Å². The second kappa shape index (κ2) is 16.1. The molecule has 4 rings (SSSR count). The first-order valence-corrected chi connectivity index (χ1v) is 14.0. The van der Waals surface area contributed by atoms with Crippen molar-refractivity contribution in [3.05, 3.63) is 35.4 Å². The van der Waals surface area contributed by atoms with E-state index in [-0.39, 0.29) is 30.2 Å². The Morgan fingerprint density at radius 2 is 1.71 bits per heavy atom. The summed E-state index contributed by atoms with van der Waals surface area (Å²) in [6, 6.07) is 7.38. The normalized spacial score (nSPS) is 22.3. The molecule has 3 amide bonds. The van der Waals surface area contributed by atoms with Gasteiger partial charge < -0.3 is 26.4 Å². The third-order valence-electron chi connectivity index (χ3n) is 8.04. The maximum Gasteiger partial charge on any atom is 0.290 e. The number of carbonyl (C=O) groups is 4. The third-order valence-corrected chi connectivity index (χ3v) is 8.04. The molecule has 1 saturated heterocycles. The summed E-state index contributed by atoms with van der Waals surface area (Å²) in [5, 5.41) is 12.7. The molecule has 1 heterocycles. The molecule has 9 nitrogen and oxygen atoms in total. The zero-order valence-electron chi connectivity index (χ0n) is 23.2. The van der Waals surface area contributed by atoms with E-state index in [1.165, 1.54) is 25.7 Å². The standard InChI is InChI=1S/C17H30N4O3.C11H14.CH2O2/c1-11(19-2)16(23)20-14(12-7-4-3-5-8-12)17(24)21-10-6-9-13(21)15(18)22;1-9-5-4-7-10-6-2-3-8-11(9)10;2-1-3/h11-14,19H,3-10H2,1-2H3,(H2,18,22)(H,20,23);2-3,6,8-9H,4-5,7H2,1H3;1H,(H,2,3)/t11-,13-,14+;;/m0../s1. The largest absolute Gasteiger partial charge is 0.483 e. The molecule has 0 aromatic heterocycles. The molecule has 2 fully saturated rings. The highest BCUT2D eigenvalue weighted by atomic mass is 16.3. The molecule has 2 aliphatic carbocycles. The number of likely N-dealkylation sites (tertiary alicyclic amines) is 1. The van der Waals surface area contributed by atoms with Crippen LogP contribution in [-0.4, -0.2) is 65.9 Å². The average molecular weight is 531 g/mol. The molecule has 1 aliphatic heterocycles. The van der Waals surface area contributed by atoms with Crippen LogP contribution in [0, 0.1) is 5.92 Å². The van der Waals surface area contributed by atoms with Gasteiger partial charge in [0, 0.05) is 6.54 Å². The van der Waals surface area contributed by atoms with E-state index in [1.807, 2.05) is 0 Å².